The highest BCUT2D eigenvalue weighted by molar-refractivity contribution is 8.01. The Balaban J connectivity index is 2.58. The van der Waals surface area contributed by atoms with Crippen LogP contribution in [-0.2, 0) is 4.79 Å². The first-order chi connectivity index (χ1) is 8.93. The molecule has 0 amide bonds. The van der Waals surface area contributed by atoms with E-state index in [1.165, 1.54) is 30.0 Å². The van der Waals surface area contributed by atoms with Gasteiger partial charge in [-0.05, 0) is 20.8 Å². The number of nitrogens with zero attached hydrogens (tertiary/aromatic N) is 3. The molecule has 0 spiro atoms. The summed E-state index contributed by atoms with van der Waals surface area (Å²) in [5.41, 5.74) is 5.72. The monoisotopic (exact) mass is 297 g/mol. The predicted octanol–water partition coefficient (Wildman–Crippen LogP) is 1.78. The number of carbonyl (C=O) groups excluding carboxylic acids is 1. The number of ketones is 1. The van der Waals surface area contributed by atoms with Crippen LogP contribution in [0.1, 0.15) is 20.8 Å². The molecule has 3 N–H and O–H groups in total. The van der Waals surface area contributed by atoms with Crippen LogP contribution in [0, 0.1) is 11.3 Å². The van der Waals surface area contributed by atoms with Gasteiger partial charge in [0.2, 0.25) is 5.13 Å². The van der Waals surface area contributed by atoms with E-state index in [2.05, 4.69) is 15.5 Å². The molecular weight excluding hydrogens is 282 g/mol. The lowest BCUT2D eigenvalue weighted by molar-refractivity contribution is -0.112. The number of nitriles is 1. The van der Waals surface area contributed by atoms with Crippen molar-refractivity contribution >= 4 is 34.0 Å². The predicted molar refractivity (Wildman–Crippen MR) is 76.9 cm³/mol. The summed E-state index contributed by atoms with van der Waals surface area (Å²) in [6.07, 6.45) is 0. The van der Waals surface area contributed by atoms with Crippen LogP contribution in [0.4, 0.5) is 5.13 Å². The van der Waals surface area contributed by atoms with Crippen molar-refractivity contribution in [2.45, 2.75) is 31.2 Å². The van der Waals surface area contributed by atoms with Crippen LogP contribution >= 0.6 is 23.1 Å². The highest BCUT2D eigenvalue weighted by Crippen LogP contribution is 2.26. The summed E-state index contributed by atoms with van der Waals surface area (Å²) in [4.78, 5) is 11.7. The second kappa shape index (κ2) is 7.11. The Kier molecular flexibility index (Phi) is 5.79. The van der Waals surface area contributed by atoms with Crippen LogP contribution in [0.3, 0.4) is 0 Å². The molecule has 0 aliphatic heterocycles. The van der Waals surface area contributed by atoms with Crippen LogP contribution in [0.25, 0.3) is 0 Å². The van der Waals surface area contributed by atoms with Gasteiger partial charge < -0.3 is 11.1 Å². The number of aromatic nitrogens is 2. The van der Waals surface area contributed by atoms with E-state index < -0.39 is 0 Å². The number of anilines is 1. The van der Waals surface area contributed by atoms with Gasteiger partial charge in [0, 0.05) is 11.7 Å². The molecule has 1 aromatic heterocycles. The zero-order valence-corrected chi connectivity index (χ0v) is 12.6. The van der Waals surface area contributed by atoms with Crippen molar-refractivity contribution in [2.75, 3.05) is 11.1 Å². The molecule has 0 bridgehead atoms. The minimum absolute atomic E-state index is 0.0116. The normalized spacial score (nSPS) is 11.9. The molecule has 8 heteroatoms. The number of hydrogen-bond donors (Lipinski definition) is 2. The summed E-state index contributed by atoms with van der Waals surface area (Å²) in [7, 11) is 0. The molecule has 1 rings (SSSR count). The first-order valence-electron chi connectivity index (χ1n) is 5.56. The summed E-state index contributed by atoms with van der Waals surface area (Å²) in [6.45, 7) is 5.55. The molecule has 0 aliphatic rings. The second-order valence-corrected chi connectivity index (χ2v) is 6.25. The average molecular weight is 297 g/mol. The Morgan fingerprint density at radius 2 is 2.26 bits per heavy atom. The van der Waals surface area contributed by atoms with Gasteiger partial charge in [0.05, 0.1) is 5.75 Å². The molecule has 102 valence electrons. The number of nitrogens with two attached hydrogens (primary N) is 1. The maximum absolute atomic E-state index is 11.7. The number of rotatable bonds is 6. The number of Topliss-reactive ketones (excluding diaryl/α,β-unsaturated/α-hetero) is 1. The lowest BCUT2D eigenvalue weighted by Gasteiger charge is -2.03. The Morgan fingerprint density at radius 3 is 2.79 bits per heavy atom. The second-order valence-electron chi connectivity index (χ2n) is 4.05. The van der Waals surface area contributed by atoms with Crippen molar-refractivity contribution in [3.63, 3.8) is 0 Å². The quantitative estimate of drug-likeness (QED) is 0.468. The fourth-order valence-corrected chi connectivity index (χ4v) is 2.91. The minimum atomic E-state index is -0.291. The first kappa shape index (κ1) is 15.5. The standard InChI is InChI=1S/C11H15N5OS2/c1-6(2)14-10-15-16-11(19-10)18-5-9(17)8(4-12)7(3)13/h6H,5,13H2,1-3H3,(H,14,15)/b8-7+. The van der Waals surface area contributed by atoms with Gasteiger partial charge in [-0.2, -0.15) is 5.26 Å². The highest BCUT2D eigenvalue weighted by atomic mass is 32.2. The summed E-state index contributed by atoms with van der Waals surface area (Å²) < 4.78 is 0.684. The van der Waals surface area contributed by atoms with E-state index in [0.29, 0.717) is 4.34 Å². The molecule has 19 heavy (non-hydrogen) atoms. The Morgan fingerprint density at radius 1 is 1.58 bits per heavy atom. The van der Waals surface area contributed by atoms with Gasteiger partial charge in [-0.15, -0.1) is 10.2 Å². The van der Waals surface area contributed by atoms with E-state index in [9.17, 15) is 4.79 Å². The Hall–Kier alpha value is -1.59. The molecule has 6 nitrogen and oxygen atoms in total. The molecule has 0 aromatic carbocycles. The lowest BCUT2D eigenvalue weighted by Crippen LogP contribution is -2.10. The Bertz CT molecular complexity index is 525. The first-order valence-corrected chi connectivity index (χ1v) is 7.36. The van der Waals surface area contributed by atoms with E-state index in [1.807, 2.05) is 19.9 Å². The number of hydrogen-bond acceptors (Lipinski definition) is 8. The van der Waals surface area contributed by atoms with Crippen LogP contribution < -0.4 is 11.1 Å². The van der Waals surface area contributed by atoms with E-state index in [0.717, 1.165) is 5.13 Å². The third kappa shape index (κ3) is 4.89. The van der Waals surface area contributed by atoms with Crippen LogP contribution in [0.15, 0.2) is 15.6 Å². The van der Waals surface area contributed by atoms with Crippen molar-refractivity contribution in [1.82, 2.24) is 10.2 Å². The number of nitrogens with one attached hydrogen (secondary N) is 1. The molecule has 1 aromatic rings. The van der Waals surface area contributed by atoms with Gasteiger partial charge in [0.1, 0.15) is 11.6 Å². The van der Waals surface area contributed by atoms with Gasteiger partial charge >= 0.3 is 0 Å². The summed E-state index contributed by atoms with van der Waals surface area (Å²) in [6, 6.07) is 2.09. The van der Waals surface area contributed by atoms with Gasteiger partial charge in [-0.25, -0.2) is 0 Å². The number of carbonyl (C=O) groups is 1. The van der Waals surface area contributed by atoms with Gasteiger partial charge in [0.25, 0.3) is 0 Å². The Labute approximate surface area is 120 Å². The highest BCUT2D eigenvalue weighted by Gasteiger charge is 2.13. The molecule has 0 fully saturated rings. The lowest BCUT2D eigenvalue weighted by atomic mass is 10.2. The van der Waals surface area contributed by atoms with Gasteiger partial charge in [-0.1, -0.05) is 23.1 Å². The van der Waals surface area contributed by atoms with E-state index in [1.54, 1.807) is 0 Å². The van der Waals surface area contributed by atoms with E-state index in [4.69, 9.17) is 11.0 Å². The van der Waals surface area contributed by atoms with Crippen molar-refractivity contribution in [2.24, 2.45) is 5.73 Å². The van der Waals surface area contributed by atoms with Crippen LogP contribution in [0.5, 0.6) is 0 Å². The maximum atomic E-state index is 11.7. The zero-order chi connectivity index (χ0) is 14.4. The molecule has 1 heterocycles. The molecule has 0 saturated heterocycles. The molecule has 0 radical (unpaired) electrons. The molecule has 0 aliphatic carbocycles. The van der Waals surface area contributed by atoms with Gasteiger partial charge in [0.15, 0.2) is 10.1 Å². The fraction of sp³-hybridized carbons (Fsp3) is 0.455. The summed E-state index contributed by atoms with van der Waals surface area (Å²) in [5, 5.41) is 20.6. The van der Waals surface area contributed by atoms with Crippen molar-refractivity contribution in [1.29, 1.82) is 5.26 Å². The smallest absolute Gasteiger partial charge is 0.206 e. The number of allylic oxidation sites excluding steroid dienone is 2. The van der Waals surface area contributed by atoms with E-state index in [-0.39, 0.29) is 28.8 Å². The average Bonchev–Trinajstić information content (AvgIpc) is 2.73. The van der Waals surface area contributed by atoms with Gasteiger partial charge in [-0.3, -0.25) is 4.79 Å². The third-order valence-corrected chi connectivity index (χ3v) is 3.92. The summed E-state index contributed by atoms with van der Waals surface area (Å²) in [5.74, 6) is -0.158. The minimum Gasteiger partial charge on any atom is -0.401 e. The SMILES string of the molecule is C/C(N)=C(/C#N)C(=O)CSc1nnc(NC(C)C)s1. The zero-order valence-electron chi connectivity index (χ0n) is 10.9. The molecule has 0 unspecified atom stereocenters. The van der Waals surface area contributed by atoms with E-state index >= 15 is 0 Å². The maximum Gasteiger partial charge on any atom is 0.206 e. The molecule has 0 saturated carbocycles. The van der Waals surface area contributed by atoms with Crippen molar-refractivity contribution in [3.05, 3.63) is 11.3 Å². The molecule has 0 atom stereocenters. The van der Waals surface area contributed by atoms with Crippen molar-refractivity contribution < 1.29 is 4.79 Å². The van der Waals surface area contributed by atoms with Crippen LogP contribution in [-0.4, -0.2) is 27.8 Å². The van der Waals surface area contributed by atoms with Crippen molar-refractivity contribution in [3.8, 4) is 6.07 Å². The summed E-state index contributed by atoms with van der Waals surface area (Å²) >= 11 is 2.63. The fourth-order valence-electron chi connectivity index (χ4n) is 1.14. The largest absolute Gasteiger partial charge is 0.401 e. The third-order valence-electron chi connectivity index (χ3n) is 1.93. The topological polar surface area (TPSA) is 105 Å². The number of thioether (sulfide) groups is 1. The van der Waals surface area contributed by atoms with Crippen LogP contribution in [0.2, 0.25) is 0 Å². The molecular formula is C11H15N5OS2.